The predicted octanol–water partition coefficient (Wildman–Crippen LogP) is 3.25. The van der Waals surface area contributed by atoms with E-state index in [1.54, 1.807) is 17.5 Å². The van der Waals surface area contributed by atoms with Crippen LogP contribution >= 0.6 is 11.3 Å². The average molecular weight is 275 g/mol. The van der Waals surface area contributed by atoms with Gasteiger partial charge in [0.2, 0.25) is 0 Å². The lowest BCUT2D eigenvalue weighted by Gasteiger charge is -2.04. The maximum absolute atomic E-state index is 11.5. The van der Waals surface area contributed by atoms with E-state index in [0.717, 1.165) is 19.3 Å². The number of thiophene rings is 1. The maximum Gasteiger partial charge on any atom is 0.306 e. The number of nitrogens with zero attached hydrogens (tertiary/aromatic N) is 1. The van der Waals surface area contributed by atoms with E-state index in [2.05, 4.69) is 10.4 Å². The summed E-state index contributed by atoms with van der Waals surface area (Å²) in [5.74, 6) is -0.114. The minimum atomic E-state index is -0.114. The molecular formula is C15H17NO2S. The molecular weight excluding hydrogens is 258 g/mol. The van der Waals surface area contributed by atoms with Gasteiger partial charge in [0.1, 0.15) is 0 Å². The van der Waals surface area contributed by atoms with Gasteiger partial charge in [0.05, 0.1) is 6.61 Å². The zero-order valence-electron chi connectivity index (χ0n) is 10.7. The molecule has 2 rings (SSSR count). The predicted molar refractivity (Wildman–Crippen MR) is 76.2 cm³/mol. The van der Waals surface area contributed by atoms with Crippen molar-refractivity contribution in [3.05, 3.63) is 52.5 Å². The lowest BCUT2D eigenvalue weighted by atomic mass is 10.2. The van der Waals surface area contributed by atoms with Crippen molar-refractivity contribution in [2.45, 2.75) is 25.7 Å². The molecule has 0 bridgehead atoms. The number of hydrogen-bond donors (Lipinski definition) is 0. The summed E-state index contributed by atoms with van der Waals surface area (Å²) in [5, 5.41) is 4.09. The van der Waals surface area contributed by atoms with Crippen LogP contribution in [0.5, 0.6) is 0 Å². The van der Waals surface area contributed by atoms with E-state index in [9.17, 15) is 4.79 Å². The molecule has 0 N–H and O–H groups in total. The summed E-state index contributed by atoms with van der Waals surface area (Å²) in [6, 6.07) is 5.99. The van der Waals surface area contributed by atoms with Crippen LogP contribution in [0.1, 0.15) is 24.0 Å². The van der Waals surface area contributed by atoms with Gasteiger partial charge in [-0.2, -0.15) is 11.3 Å². The third-order valence-electron chi connectivity index (χ3n) is 2.79. The van der Waals surface area contributed by atoms with E-state index in [1.807, 2.05) is 29.8 Å². The van der Waals surface area contributed by atoms with Crippen LogP contribution in [0.2, 0.25) is 0 Å². The molecule has 2 aromatic rings. The average Bonchev–Trinajstić information content (AvgIpc) is 2.96. The largest absolute Gasteiger partial charge is 0.466 e. The van der Waals surface area contributed by atoms with Crippen LogP contribution in [0.15, 0.2) is 41.4 Å². The molecule has 0 saturated heterocycles. The summed E-state index contributed by atoms with van der Waals surface area (Å²) < 4.78 is 5.21. The Balaban J connectivity index is 1.57. The van der Waals surface area contributed by atoms with Gasteiger partial charge < -0.3 is 4.74 Å². The van der Waals surface area contributed by atoms with E-state index in [4.69, 9.17) is 4.74 Å². The molecule has 2 aromatic heterocycles. The first-order valence-corrected chi connectivity index (χ1v) is 7.34. The van der Waals surface area contributed by atoms with Crippen LogP contribution in [0.4, 0.5) is 0 Å². The highest BCUT2D eigenvalue weighted by Crippen LogP contribution is 2.09. The molecule has 0 aliphatic heterocycles. The summed E-state index contributed by atoms with van der Waals surface area (Å²) in [5.41, 5.74) is 2.38. The van der Waals surface area contributed by atoms with Crippen molar-refractivity contribution in [1.29, 1.82) is 0 Å². The molecule has 0 aliphatic rings. The number of aromatic nitrogens is 1. The van der Waals surface area contributed by atoms with E-state index in [1.165, 1.54) is 11.1 Å². The van der Waals surface area contributed by atoms with Crippen LogP contribution in [-0.4, -0.2) is 17.6 Å². The highest BCUT2D eigenvalue weighted by molar-refractivity contribution is 7.07. The van der Waals surface area contributed by atoms with E-state index >= 15 is 0 Å². The van der Waals surface area contributed by atoms with Crippen molar-refractivity contribution in [3.8, 4) is 0 Å². The van der Waals surface area contributed by atoms with Crippen LogP contribution in [0.3, 0.4) is 0 Å². The Morgan fingerprint density at radius 2 is 2.21 bits per heavy atom. The van der Waals surface area contributed by atoms with Crippen molar-refractivity contribution in [1.82, 2.24) is 4.98 Å². The highest BCUT2D eigenvalue weighted by Gasteiger charge is 2.04. The maximum atomic E-state index is 11.5. The SMILES string of the molecule is O=C(CCc1ccsc1)OCCCc1cccnc1. The minimum absolute atomic E-state index is 0.114. The number of rotatable bonds is 7. The number of pyridine rings is 1. The number of carbonyl (C=O) groups is 1. The quantitative estimate of drug-likeness (QED) is 0.575. The Kier molecular flexibility index (Phi) is 5.56. The van der Waals surface area contributed by atoms with Gasteiger partial charge in [-0.05, 0) is 53.3 Å². The Morgan fingerprint density at radius 3 is 2.95 bits per heavy atom. The fourth-order valence-electron chi connectivity index (χ4n) is 1.76. The van der Waals surface area contributed by atoms with Crippen LogP contribution in [0.25, 0.3) is 0 Å². The van der Waals surface area contributed by atoms with Gasteiger partial charge in [-0.25, -0.2) is 0 Å². The van der Waals surface area contributed by atoms with E-state index in [0.29, 0.717) is 13.0 Å². The second kappa shape index (κ2) is 7.69. The van der Waals surface area contributed by atoms with Crippen molar-refractivity contribution >= 4 is 17.3 Å². The molecule has 100 valence electrons. The fourth-order valence-corrected chi connectivity index (χ4v) is 2.46. The molecule has 0 atom stereocenters. The van der Waals surface area contributed by atoms with E-state index < -0.39 is 0 Å². The molecule has 2 heterocycles. The van der Waals surface area contributed by atoms with Gasteiger partial charge in [0.15, 0.2) is 0 Å². The molecule has 0 aliphatic carbocycles. The third-order valence-corrected chi connectivity index (χ3v) is 3.53. The van der Waals surface area contributed by atoms with Gasteiger partial charge >= 0.3 is 5.97 Å². The van der Waals surface area contributed by atoms with Gasteiger partial charge in [0.25, 0.3) is 0 Å². The van der Waals surface area contributed by atoms with Crippen molar-refractivity contribution in [3.63, 3.8) is 0 Å². The van der Waals surface area contributed by atoms with Gasteiger partial charge in [-0.1, -0.05) is 6.07 Å². The molecule has 19 heavy (non-hydrogen) atoms. The number of aryl methyl sites for hydroxylation is 2. The first-order valence-electron chi connectivity index (χ1n) is 6.40. The molecule has 0 saturated carbocycles. The smallest absolute Gasteiger partial charge is 0.306 e. The number of carbonyl (C=O) groups excluding carboxylic acids is 1. The molecule has 0 radical (unpaired) electrons. The molecule has 3 nitrogen and oxygen atoms in total. The molecule has 0 amide bonds. The highest BCUT2D eigenvalue weighted by atomic mass is 32.1. The molecule has 0 spiro atoms. The number of esters is 1. The lowest BCUT2D eigenvalue weighted by molar-refractivity contribution is -0.143. The Bertz CT molecular complexity index is 482. The minimum Gasteiger partial charge on any atom is -0.466 e. The summed E-state index contributed by atoms with van der Waals surface area (Å²) in [7, 11) is 0. The van der Waals surface area contributed by atoms with E-state index in [-0.39, 0.29) is 5.97 Å². The van der Waals surface area contributed by atoms with Crippen molar-refractivity contribution < 1.29 is 9.53 Å². The van der Waals surface area contributed by atoms with Gasteiger partial charge in [0, 0.05) is 18.8 Å². The summed E-state index contributed by atoms with van der Waals surface area (Å²) in [4.78, 5) is 15.6. The molecule has 0 aromatic carbocycles. The lowest BCUT2D eigenvalue weighted by Crippen LogP contribution is -2.07. The first-order chi connectivity index (χ1) is 9.34. The Morgan fingerprint density at radius 1 is 1.26 bits per heavy atom. The van der Waals surface area contributed by atoms with Gasteiger partial charge in [-0.3, -0.25) is 9.78 Å². The number of ether oxygens (including phenoxy) is 1. The zero-order valence-corrected chi connectivity index (χ0v) is 11.6. The van der Waals surface area contributed by atoms with Gasteiger partial charge in [-0.15, -0.1) is 0 Å². The second-order valence-electron chi connectivity index (χ2n) is 4.32. The fraction of sp³-hybridized carbons (Fsp3) is 0.333. The summed E-state index contributed by atoms with van der Waals surface area (Å²) in [6.45, 7) is 0.483. The monoisotopic (exact) mass is 275 g/mol. The topological polar surface area (TPSA) is 39.2 Å². The van der Waals surface area contributed by atoms with Crippen molar-refractivity contribution in [2.24, 2.45) is 0 Å². The molecule has 0 unspecified atom stereocenters. The van der Waals surface area contributed by atoms with Crippen LogP contribution in [-0.2, 0) is 22.4 Å². The number of hydrogen-bond acceptors (Lipinski definition) is 4. The first kappa shape index (κ1) is 13.7. The molecule has 0 fully saturated rings. The van der Waals surface area contributed by atoms with Crippen LogP contribution in [0, 0.1) is 0 Å². The Labute approximate surface area is 117 Å². The Hall–Kier alpha value is -1.68. The summed E-state index contributed by atoms with van der Waals surface area (Å²) in [6.07, 6.45) is 6.57. The standard InChI is InChI=1S/C15H17NO2S/c17-15(6-5-14-7-10-19-12-14)18-9-2-4-13-3-1-8-16-11-13/h1,3,7-8,10-12H,2,4-6,9H2. The zero-order chi connectivity index (χ0) is 13.3. The third kappa shape index (κ3) is 5.22. The second-order valence-corrected chi connectivity index (χ2v) is 5.10. The molecule has 4 heteroatoms. The van der Waals surface area contributed by atoms with Crippen LogP contribution < -0.4 is 0 Å². The normalized spacial score (nSPS) is 10.3. The summed E-state index contributed by atoms with van der Waals surface area (Å²) >= 11 is 1.65. The van der Waals surface area contributed by atoms with Crippen molar-refractivity contribution in [2.75, 3.05) is 6.61 Å².